The SMILES string of the molecule is CC(=O)NCC#Cc1ccccc1N=C=S. The molecule has 4 heteroatoms. The van der Waals surface area contributed by atoms with Crippen molar-refractivity contribution in [2.24, 2.45) is 4.99 Å². The van der Waals surface area contributed by atoms with E-state index >= 15 is 0 Å². The van der Waals surface area contributed by atoms with Gasteiger partial charge in [-0.15, -0.1) is 0 Å². The number of aliphatic imine (C=N–C) groups is 1. The van der Waals surface area contributed by atoms with E-state index in [1.807, 2.05) is 24.3 Å². The first-order valence-electron chi connectivity index (χ1n) is 4.64. The standard InChI is InChI=1S/C12H10N2OS/c1-10(15)13-8-4-6-11-5-2-3-7-12(11)14-9-16/h2-3,5,7H,8H2,1H3,(H,13,15). The molecule has 0 unspecified atom stereocenters. The zero-order chi connectivity index (χ0) is 11.8. The van der Waals surface area contributed by atoms with Gasteiger partial charge in [-0.05, 0) is 24.4 Å². The summed E-state index contributed by atoms with van der Waals surface area (Å²) in [6, 6.07) is 7.36. The van der Waals surface area contributed by atoms with Crippen molar-refractivity contribution in [1.29, 1.82) is 0 Å². The van der Waals surface area contributed by atoms with Crippen LogP contribution in [0.25, 0.3) is 0 Å². The number of nitrogens with one attached hydrogen (secondary N) is 1. The molecule has 0 spiro atoms. The highest BCUT2D eigenvalue weighted by atomic mass is 32.1. The third-order valence-corrected chi connectivity index (χ3v) is 1.81. The van der Waals surface area contributed by atoms with Gasteiger partial charge in [0.25, 0.3) is 0 Å². The predicted molar refractivity (Wildman–Crippen MR) is 66.7 cm³/mol. The van der Waals surface area contributed by atoms with Gasteiger partial charge in [0.2, 0.25) is 5.91 Å². The Balaban J connectivity index is 2.79. The fraction of sp³-hybridized carbons (Fsp3) is 0.167. The molecule has 0 aliphatic heterocycles. The summed E-state index contributed by atoms with van der Waals surface area (Å²) in [6.45, 7) is 1.77. The Bertz CT molecular complexity index is 493. The summed E-state index contributed by atoms with van der Waals surface area (Å²) >= 11 is 4.54. The number of hydrogen-bond donors (Lipinski definition) is 1. The minimum Gasteiger partial charge on any atom is -0.345 e. The smallest absolute Gasteiger partial charge is 0.217 e. The molecule has 0 aliphatic rings. The summed E-state index contributed by atoms with van der Waals surface area (Å²) in [5.41, 5.74) is 1.46. The van der Waals surface area contributed by atoms with Crippen molar-refractivity contribution in [3.05, 3.63) is 29.8 Å². The van der Waals surface area contributed by atoms with E-state index in [1.165, 1.54) is 6.92 Å². The van der Waals surface area contributed by atoms with Crippen LogP contribution in [-0.4, -0.2) is 17.6 Å². The quantitative estimate of drug-likeness (QED) is 0.479. The van der Waals surface area contributed by atoms with Crippen molar-refractivity contribution in [2.75, 3.05) is 6.54 Å². The zero-order valence-electron chi connectivity index (χ0n) is 8.78. The van der Waals surface area contributed by atoms with Crippen LogP contribution in [0, 0.1) is 11.8 Å². The van der Waals surface area contributed by atoms with Crippen LogP contribution in [0.15, 0.2) is 29.3 Å². The molecule has 0 aliphatic carbocycles. The van der Waals surface area contributed by atoms with Gasteiger partial charge >= 0.3 is 0 Å². The number of amides is 1. The zero-order valence-corrected chi connectivity index (χ0v) is 9.60. The van der Waals surface area contributed by atoms with E-state index in [4.69, 9.17) is 0 Å². The number of carbonyl (C=O) groups is 1. The molecule has 1 aromatic rings. The number of para-hydroxylation sites is 1. The van der Waals surface area contributed by atoms with E-state index < -0.39 is 0 Å². The van der Waals surface area contributed by atoms with Crippen LogP contribution in [0.1, 0.15) is 12.5 Å². The lowest BCUT2D eigenvalue weighted by atomic mass is 10.2. The lowest BCUT2D eigenvalue weighted by Gasteiger charge is -1.95. The molecular weight excluding hydrogens is 220 g/mol. The monoisotopic (exact) mass is 230 g/mol. The van der Waals surface area contributed by atoms with E-state index in [0.29, 0.717) is 12.2 Å². The van der Waals surface area contributed by atoms with Gasteiger partial charge in [-0.3, -0.25) is 4.79 Å². The summed E-state index contributed by atoms with van der Waals surface area (Å²) < 4.78 is 0. The van der Waals surface area contributed by atoms with Gasteiger partial charge < -0.3 is 5.32 Å². The van der Waals surface area contributed by atoms with Crippen LogP contribution in [0.5, 0.6) is 0 Å². The second-order valence-electron chi connectivity index (χ2n) is 2.93. The Morgan fingerprint density at radius 1 is 1.50 bits per heavy atom. The van der Waals surface area contributed by atoms with E-state index in [2.05, 4.69) is 39.5 Å². The molecule has 0 fully saturated rings. The maximum atomic E-state index is 10.6. The predicted octanol–water partition coefficient (Wildman–Crippen LogP) is 1.91. The number of nitrogens with zero attached hydrogens (tertiary/aromatic N) is 1. The molecular formula is C12H10N2OS. The molecule has 0 saturated carbocycles. The van der Waals surface area contributed by atoms with Crippen LogP contribution < -0.4 is 5.32 Å². The van der Waals surface area contributed by atoms with Crippen LogP contribution in [-0.2, 0) is 4.79 Å². The van der Waals surface area contributed by atoms with Gasteiger partial charge in [0.15, 0.2) is 0 Å². The van der Waals surface area contributed by atoms with Crippen LogP contribution >= 0.6 is 12.2 Å². The third kappa shape index (κ3) is 4.05. The fourth-order valence-electron chi connectivity index (χ4n) is 1.03. The van der Waals surface area contributed by atoms with Crippen molar-refractivity contribution >= 4 is 29.0 Å². The number of rotatable bonds is 2. The molecule has 16 heavy (non-hydrogen) atoms. The number of isothiocyanates is 1. The van der Waals surface area contributed by atoms with Crippen LogP contribution in [0.3, 0.4) is 0 Å². The topological polar surface area (TPSA) is 41.5 Å². The maximum absolute atomic E-state index is 10.6. The van der Waals surface area contributed by atoms with Crippen LogP contribution in [0.4, 0.5) is 5.69 Å². The first kappa shape index (κ1) is 12.1. The van der Waals surface area contributed by atoms with Crippen molar-refractivity contribution < 1.29 is 4.79 Å². The molecule has 0 saturated heterocycles. The molecule has 0 bridgehead atoms. The fourth-order valence-corrected chi connectivity index (χ4v) is 1.13. The first-order chi connectivity index (χ1) is 7.74. The molecule has 0 atom stereocenters. The van der Waals surface area contributed by atoms with Crippen molar-refractivity contribution in [2.45, 2.75) is 6.92 Å². The highest BCUT2D eigenvalue weighted by molar-refractivity contribution is 7.78. The Morgan fingerprint density at radius 3 is 2.94 bits per heavy atom. The van der Waals surface area contributed by atoms with E-state index in [1.54, 1.807) is 0 Å². The van der Waals surface area contributed by atoms with Crippen molar-refractivity contribution in [1.82, 2.24) is 5.32 Å². The number of hydrogen-bond acceptors (Lipinski definition) is 3. The number of benzene rings is 1. The first-order valence-corrected chi connectivity index (χ1v) is 5.05. The molecule has 3 nitrogen and oxygen atoms in total. The summed E-state index contributed by atoms with van der Waals surface area (Å²) in [7, 11) is 0. The summed E-state index contributed by atoms with van der Waals surface area (Å²) in [5, 5.41) is 4.89. The third-order valence-electron chi connectivity index (χ3n) is 1.72. The Hall–Kier alpha value is -1.95. The molecule has 1 aromatic carbocycles. The van der Waals surface area contributed by atoms with Crippen molar-refractivity contribution in [3.8, 4) is 11.8 Å². The lowest BCUT2D eigenvalue weighted by molar-refractivity contribution is -0.118. The molecule has 0 aromatic heterocycles. The molecule has 1 rings (SSSR count). The molecule has 80 valence electrons. The highest BCUT2D eigenvalue weighted by Crippen LogP contribution is 2.16. The highest BCUT2D eigenvalue weighted by Gasteiger charge is 1.94. The summed E-state index contributed by atoms with van der Waals surface area (Å²) in [5.74, 6) is 5.64. The van der Waals surface area contributed by atoms with Crippen molar-refractivity contribution in [3.63, 3.8) is 0 Å². The van der Waals surface area contributed by atoms with E-state index in [0.717, 1.165) is 5.56 Å². The number of thiocarbonyl (C=S) groups is 1. The Morgan fingerprint density at radius 2 is 2.25 bits per heavy atom. The average Bonchev–Trinajstić information content (AvgIpc) is 2.26. The second kappa shape index (κ2) is 6.52. The van der Waals surface area contributed by atoms with Gasteiger partial charge in [0.05, 0.1) is 23.0 Å². The maximum Gasteiger partial charge on any atom is 0.217 e. The normalized spacial score (nSPS) is 8.31. The van der Waals surface area contributed by atoms with Crippen LogP contribution in [0.2, 0.25) is 0 Å². The molecule has 1 N–H and O–H groups in total. The van der Waals surface area contributed by atoms with Gasteiger partial charge in [-0.2, -0.15) is 4.99 Å². The second-order valence-corrected chi connectivity index (χ2v) is 3.11. The molecule has 0 radical (unpaired) electrons. The molecule has 0 heterocycles. The van der Waals surface area contributed by atoms with Gasteiger partial charge in [0.1, 0.15) is 0 Å². The summed E-state index contributed by atoms with van der Waals surface area (Å²) in [6.07, 6.45) is 0. The molecule has 1 amide bonds. The Labute approximate surface area is 99.6 Å². The minimum atomic E-state index is -0.0977. The minimum absolute atomic E-state index is 0.0977. The number of carbonyl (C=O) groups excluding carboxylic acids is 1. The summed E-state index contributed by atoms with van der Waals surface area (Å²) in [4.78, 5) is 14.5. The van der Waals surface area contributed by atoms with E-state index in [9.17, 15) is 4.79 Å². The van der Waals surface area contributed by atoms with E-state index in [-0.39, 0.29) is 5.91 Å². The lowest BCUT2D eigenvalue weighted by Crippen LogP contribution is -2.19. The average molecular weight is 230 g/mol. The van der Waals surface area contributed by atoms with Gasteiger partial charge in [0, 0.05) is 6.92 Å². The van der Waals surface area contributed by atoms with Gasteiger partial charge in [-0.1, -0.05) is 24.0 Å². The largest absolute Gasteiger partial charge is 0.345 e. The Kier molecular flexibility index (Phi) is 4.94. The van der Waals surface area contributed by atoms with Gasteiger partial charge in [-0.25, -0.2) is 0 Å².